The lowest BCUT2D eigenvalue weighted by atomic mass is 10.1. The second kappa shape index (κ2) is 3.17. The Hall–Kier alpha value is -1.38. The minimum absolute atomic E-state index is 0.647. The molecule has 2 aromatic rings. The molecule has 0 fully saturated rings. The molecule has 0 aliphatic rings. The predicted octanol–water partition coefficient (Wildman–Crippen LogP) is 2.35. The Morgan fingerprint density at radius 3 is 2.85 bits per heavy atom. The normalized spacial score (nSPS) is 10.9. The highest BCUT2D eigenvalue weighted by atomic mass is 16.3. The quantitative estimate of drug-likeness (QED) is 0.705. The first-order valence-electron chi connectivity index (χ1n) is 4.57. The van der Waals surface area contributed by atoms with Crippen molar-refractivity contribution in [2.24, 2.45) is 0 Å². The van der Waals surface area contributed by atoms with Crippen LogP contribution in [0.3, 0.4) is 0 Å². The van der Waals surface area contributed by atoms with Crippen molar-refractivity contribution in [1.82, 2.24) is 9.97 Å². The van der Waals surface area contributed by atoms with Crippen LogP contribution in [0.2, 0.25) is 0 Å². The summed E-state index contributed by atoms with van der Waals surface area (Å²) in [6, 6.07) is 2.06. The molecule has 0 saturated carbocycles. The Balaban J connectivity index is 2.67. The second-order valence-electron chi connectivity index (χ2n) is 2.98. The molecule has 3 nitrogen and oxygen atoms in total. The van der Waals surface area contributed by atoms with Crippen molar-refractivity contribution in [1.29, 1.82) is 0 Å². The molecule has 0 atom stereocenters. The van der Waals surface area contributed by atoms with E-state index in [1.54, 1.807) is 0 Å². The highest BCUT2D eigenvalue weighted by Crippen LogP contribution is 2.16. The molecule has 0 bridgehead atoms. The molecule has 3 heteroatoms. The molecular weight excluding hydrogens is 164 g/mol. The van der Waals surface area contributed by atoms with Gasteiger partial charge in [-0.25, -0.2) is 9.97 Å². The van der Waals surface area contributed by atoms with Gasteiger partial charge in [0.1, 0.15) is 5.52 Å². The van der Waals surface area contributed by atoms with E-state index >= 15 is 0 Å². The number of rotatable bonds is 2. The molecular formula is C10H12N2O. The fourth-order valence-electron chi connectivity index (χ4n) is 1.49. The van der Waals surface area contributed by atoms with Crippen molar-refractivity contribution in [3.63, 3.8) is 0 Å². The first-order valence-corrected chi connectivity index (χ1v) is 4.57. The van der Waals surface area contributed by atoms with Crippen LogP contribution >= 0.6 is 0 Å². The van der Waals surface area contributed by atoms with Gasteiger partial charge in [0.15, 0.2) is 6.39 Å². The number of pyridine rings is 1. The predicted molar refractivity (Wildman–Crippen MR) is 50.6 cm³/mol. The number of hydrogen-bond donors (Lipinski definition) is 0. The molecule has 2 rings (SSSR count). The first kappa shape index (κ1) is 8.23. The van der Waals surface area contributed by atoms with E-state index in [4.69, 9.17) is 4.42 Å². The summed E-state index contributed by atoms with van der Waals surface area (Å²) in [5.41, 5.74) is 3.89. The maximum atomic E-state index is 5.14. The van der Waals surface area contributed by atoms with Gasteiger partial charge in [0, 0.05) is 5.69 Å². The molecule has 0 saturated heterocycles. The Bertz CT molecular complexity index is 382. The maximum absolute atomic E-state index is 5.14. The lowest BCUT2D eigenvalue weighted by molar-refractivity contribution is 0.588. The molecule has 0 spiro atoms. The van der Waals surface area contributed by atoms with Gasteiger partial charge in [-0.05, 0) is 24.5 Å². The van der Waals surface area contributed by atoms with Crippen molar-refractivity contribution < 1.29 is 4.42 Å². The average molecular weight is 176 g/mol. The van der Waals surface area contributed by atoms with Gasteiger partial charge < -0.3 is 4.42 Å². The average Bonchev–Trinajstić information content (AvgIpc) is 2.62. The van der Waals surface area contributed by atoms with E-state index in [1.807, 2.05) is 0 Å². The van der Waals surface area contributed by atoms with Gasteiger partial charge in [0.05, 0.1) is 0 Å². The lowest BCUT2D eigenvalue weighted by Gasteiger charge is -2.02. The Morgan fingerprint density at radius 1 is 1.31 bits per heavy atom. The van der Waals surface area contributed by atoms with E-state index in [0.717, 1.165) is 24.1 Å². The summed E-state index contributed by atoms with van der Waals surface area (Å²) in [4.78, 5) is 8.47. The third kappa shape index (κ3) is 1.30. The van der Waals surface area contributed by atoms with Crippen LogP contribution in [0.25, 0.3) is 11.2 Å². The van der Waals surface area contributed by atoms with Crippen molar-refractivity contribution in [2.75, 3.05) is 0 Å². The highest BCUT2D eigenvalue weighted by molar-refractivity contribution is 5.68. The molecule has 0 unspecified atom stereocenters. The number of fused-ring (bicyclic) bond motifs is 1. The second-order valence-corrected chi connectivity index (χ2v) is 2.98. The van der Waals surface area contributed by atoms with Crippen molar-refractivity contribution >= 4 is 11.2 Å². The van der Waals surface area contributed by atoms with Crippen LogP contribution < -0.4 is 0 Å². The Morgan fingerprint density at radius 2 is 2.15 bits per heavy atom. The topological polar surface area (TPSA) is 38.9 Å². The third-order valence-corrected chi connectivity index (χ3v) is 2.21. The van der Waals surface area contributed by atoms with Crippen LogP contribution in [-0.4, -0.2) is 9.97 Å². The molecule has 2 aromatic heterocycles. The Labute approximate surface area is 76.8 Å². The largest absolute Gasteiger partial charge is 0.425 e. The zero-order valence-corrected chi connectivity index (χ0v) is 7.87. The van der Waals surface area contributed by atoms with Gasteiger partial charge in [-0.15, -0.1) is 0 Å². The van der Waals surface area contributed by atoms with Crippen molar-refractivity contribution in [2.45, 2.75) is 26.7 Å². The number of oxazole rings is 1. The summed E-state index contributed by atoms with van der Waals surface area (Å²) in [5.74, 6) is 0. The van der Waals surface area contributed by atoms with Gasteiger partial charge >= 0.3 is 0 Å². The highest BCUT2D eigenvalue weighted by Gasteiger charge is 2.06. The molecule has 0 aliphatic carbocycles. The number of aryl methyl sites for hydroxylation is 2. The van der Waals surface area contributed by atoms with Crippen LogP contribution in [0.1, 0.15) is 25.1 Å². The van der Waals surface area contributed by atoms with E-state index in [9.17, 15) is 0 Å². The lowest BCUT2D eigenvalue weighted by Crippen LogP contribution is -1.94. The Kier molecular flexibility index (Phi) is 2.00. The maximum Gasteiger partial charge on any atom is 0.246 e. The number of nitrogens with zero attached hydrogens (tertiary/aromatic N) is 2. The molecule has 0 aliphatic heterocycles. The number of hydrogen-bond acceptors (Lipinski definition) is 3. The molecule has 2 heterocycles. The van der Waals surface area contributed by atoms with E-state index < -0.39 is 0 Å². The van der Waals surface area contributed by atoms with E-state index in [2.05, 4.69) is 29.9 Å². The summed E-state index contributed by atoms with van der Waals surface area (Å²) in [7, 11) is 0. The monoisotopic (exact) mass is 176 g/mol. The van der Waals surface area contributed by atoms with Crippen LogP contribution in [0.4, 0.5) is 0 Å². The van der Waals surface area contributed by atoms with Gasteiger partial charge in [-0.2, -0.15) is 0 Å². The zero-order chi connectivity index (χ0) is 9.26. The van der Waals surface area contributed by atoms with E-state index in [-0.39, 0.29) is 0 Å². The molecule has 68 valence electrons. The summed E-state index contributed by atoms with van der Waals surface area (Å²) in [6.45, 7) is 4.23. The zero-order valence-electron chi connectivity index (χ0n) is 7.87. The molecule has 0 amide bonds. The van der Waals surface area contributed by atoms with E-state index in [1.165, 1.54) is 12.0 Å². The minimum Gasteiger partial charge on any atom is -0.425 e. The third-order valence-electron chi connectivity index (χ3n) is 2.21. The molecule has 13 heavy (non-hydrogen) atoms. The van der Waals surface area contributed by atoms with Gasteiger partial charge in [0.25, 0.3) is 0 Å². The summed E-state index contributed by atoms with van der Waals surface area (Å²) in [5, 5.41) is 0. The molecule has 0 radical (unpaired) electrons. The van der Waals surface area contributed by atoms with Crippen LogP contribution in [0, 0.1) is 0 Å². The summed E-state index contributed by atoms with van der Waals surface area (Å²) < 4.78 is 5.14. The van der Waals surface area contributed by atoms with Crippen molar-refractivity contribution in [3.05, 3.63) is 23.7 Å². The number of aromatic nitrogens is 2. The van der Waals surface area contributed by atoms with Crippen LogP contribution in [0.5, 0.6) is 0 Å². The standard InChI is InChI=1S/C10H12N2O/c1-3-7-5-9-10(13-6-11-9)12-8(7)4-2/h5-6H,3-4H2,1-2H3. The van der Waals surface area contributed by atoms with Gasteiger partial charge in [0.2, 0.25) is 5.71 Å². The molecule has 0 N–H and O–H groups in total. The minimum atomic E-state index is 0.647. The SMILES string of the molecule is CCc1cc2ncoc2nc1CC. The smallest absolute Gasteiger partial charge is 0.246 e. The fourth-order valence-corrected chi connectivity index (χ4v) is 1.49. The first-order chi connectivity index (χ1) is 6.35. The summed E-state index contributed by atoms with van der Waals surface area (Å²) in [6.07, 6.45) is 3.38. The van der Waals surface area contributed by atoms with Gasteiger partial charge in [-0.1, -0.05) is 13.8 Å². The fraction of sp³-hybridized carbons (Fsp3) is 0.400. The van der Waals surface area contributed by atoms with Crippen LogP contribution in [-0.2, 0) is 12.8 Å². The van der Waals surface area contributed by atoms with Gasteiger partial charge in [-0.3, -0.25) is 0 Å². The van der Waals surface area contributed by atoms with Crippen molar-refractivity contribution in [3.8, 4) is 0 Å². The van der Waals surface area contributed by atoms with Crippen LogP contribution in [0.15, 0.2) is 16.9 Å². The van der Waals surface area contributed by atoms with E-state index in [0.29, 0.717) is 5.71 Å². The molecule has 0 aromatic carbocycles. The summed E-state index contributed by atoms with van der Waals surface area (Å²) >= 11 is 0.